The zero-order valence-corrected chi connectivity index (χ0v) is 12.8. The van der Waals surface area contributed by atoms with Crippen molar-refractivity contribution in [3.05, 3.63) is 28.8 Å². The molecule has 1 unspecified atom stereocenters. The number of nitrogens with one attached hydrogen (secondary N) is 1. The quantitative estimate of drug-likeness (QED) is 0.794. The summed E-state index contributed by atoms with van der Waals surface area (Å²) in [5.41, 5.74) is 1.25. The van der Waals surface area contributed by atoms with Crippen molar-refractivity contribution < 1.29 is 4.74 Å². The minimum atomic E-state index is 0.273. The fourth-order valence-corrected chi connectivity index (χ4v) is 3.68. The molecule has 1 heterocycles. The van der Waals surface area contributed by atoms with Gasteiger partial charge in [-0.2, -0.15) is 0 Å². The molecule has 110 valence electrons. The van der Waals surface area contributed by atoms with Crippen molar-refractivity contribution in [1.82, 2.24) is 5.32 Å². The number of hydrogen-bond donors (Lipinski definition) is 1. The van der Waals surface area contributed by atoms with E-state index >= 15 is 0 Å². The molecule has 3 rings (SSSR count). The highest BCUT2D eigenvalue weighted by atomic mass is 35.5. The molecule has 0 amide bonds. The van der Waals surface area contributed by atoms with Crippen LogP contribution in [0.4, 0.5) is 0 Å². The van der Waals surface area contributed by atoms with Gasteiger partial charge in [-0.05, 0) is 49.1 Å². The lowest BCUT2D eigenvalue weighted by molar-refractivity contribution is 0.227. The highest BCUT2D eigenvalue weighted by Crippen LogP contribution is 2.31. The molecule has 0 aromatic heterocycles. The Hall–Kier alpha value is -0.730. The van der Waals surface area contributed by atoms with Gasteiger partial charge in [-0.3, -0.25) is 0 Å². The number of halogens is 1. The number of benzene rings is 1. The Labute approximate surface area is 126 Å². The molecule has 20 heavy (non-hydrogen) atoms. The van der Waals surface area contributed by atoms with Crippen LogP contribution in [-0.4, -0.2) is 19.2 Å². The summed E-state index contributed by atoms with van der Waals surface area (Å²) in [4.78, 5) is 0. The van der Waals surface area contributed by atoms with Crippen molar-refractivity contribution >= 4 is 11.6 Å². The molecule has 1 aliphatic heterocycles. The summed E-state index contributed by atoms with van der Waals surface area (Å²) in [6, 6.07) is 5.91. The van der Waals surface area contributed by atoms with Gasteiger partial charge in [-0.15, -0.1) is 0 Å². The molecule has 0 spiro atoms. The zero-order chi connectivity index (χ0) is 13.8. The van der Waals surface area contributed by atoms with E-state index in [2.05, 4.69) is 5.32 Å². The van der Waals surface area contributed by atoms with Crippen molar-refractivity contribution in [2.75, 3.05) is 13.1 Å². The minimum Gasteiger partial charge on any atom is -0.488 e. The van der Waals surface area contributed by atoms with Crippen LogP contribution in [0.5, 0.6) is 5.75 Å². The van der Waals surface area contributed by atoms with E-state index in [-0.39, 0.29) is 6.10 Å². The summed E-state index contributed by atoms with van der Waals surface area (Å²) in [5.74, 6) is 2.01. The molecule has 1 aromatic carbocycles. The summed E-state index contributed by atoms with van der Waals surface area (Å²) in [6.07, 6.45) is 9.78. The second-order valence-electron chi connectivity index (χ2n) is 6.19. The zero-order valence-electron chi connectivity index (χ0n) is 12.0. The fraction of sp³-hybridized carbons (Fsp3) is 0.647. The lowest BCUT2D eigenvalue weighted by atomic mass is 10.0. The Balaban J connectivity index is 1.32. The van der Waals surface area contributed by atoms with Crippen LogP contribution in [-0.2, 0) is 6.42 Å². The lowest BCUT2D eigenvalue weighted by Gasteiger charge is -2.13. The number of rotatable bonds is 6. The molecule has 1 saturated carbocycles. The van der Waals surface area contributed by atoms with Crippen LogP contribution in [0.1, 0.15) is 44.1 Å². The lowest BCUT2D eigenvalue weighted by Crippen LogP contribution is -2.30. The summed E-state index contributed by atoms with van der Waals surface area (Å²) >= 11 is 6.01. The van der Waals surface area contributed by atoms with Gasteiger partial charge in [0.05, 0.1) is 0 Å². The molecule has 1 aromatic rings. The number of hydrogen-bond acceptors (Lipinski definition) is 2. The summed E-state index contributed by atoms with van der Waals surface area (Å²) in [6.45, 7) is 2.06. The van der Waals surface area contributed by atoms with Gasteiger partial charge in [0.15, 0.2) is 0 Å². The Morgan fingerprint density at radius 2 is 2.10 bits per heavy atom. The van der Waals surface area contributed by atoms with Gasteiger partial charge in [0, 0.05) is 18.0 Å². The smallest absolute Gasteiger partial charge is 0.123 e. The molecular formula is C17H24ClNO. The summed E-state index contributed by atoms with van der Waals surface area (Å²) in [7, 11) is 0. The van der Waals surface area contributed by atoms with Crippen LogP contribution in [0.15, 0.2) is 18.2 Å². The first-order chi connectivity index (χ1) is 9.81. The maximum absolute atomic E-state index is 6.01. The van der Waals surface area contributed by atoms with Crippen LogP contribution >= 0.6 is 11.6 Å². The Bertz CT molecular complexity index is 443. The van der Waals surface area contributed by atoms with Crippen LogP contribution < -0.4 is 10.1 Å². The van der Waals surface area contributed by atoms with Crippen molar-refractivity contribution in [1.29, 1.82) is 0 Å². The Kier molecular flexibility index (Phi) is 4.85. The van der Waals surface area contributed by atoms with Crippen molar-refractivity contribution in [2.24, 2.45) is 5.92 Å². The first-order valence-electron chi connectivity index (χ1n) is 7.97. The average molecular weight is 294 g/mol. The maximum Gasteiger partial charge on any atom is 0.123 e. The summed E-state index contributed by atoms with van der Waals surface area (Å²) < 4.78 is 5.92. The molecule has 1 aliphatic carbocycles. The van der Waals surface area contributed by atoms with E-state index in [1.54, 1.807) is 0 Å². The van der Waals surface area contributed by atoms with Gasteiger partial charge in [0.2, 0.25) is 0 Å². The normalized spacial score (nSPS) is 21.9. The van der Waals surface area contributed by atoms with E-state index in [4.69, 9.17) is 16.3 Å². The predicted molar refractivity (Wildman–Crippen MR) is 83.6 cm³/mol. The van der Waals surface area contributed by atoms with Gasteiger partial charge in [0.25, 0.3) is 0 Å². The van der Waals surface area contributed by atoms with E-state index in [0.29, 0.717) is 0 Å². The topological polar surface area (TPSA) is 21.3 Å². The van der Waals surface area contributed by atoms with E-state index in [9.17, 15) is 0 Å². The largest absolute Gasteiger partial charge is 0.488 e. The molecule has 2 nitrogen and oxygen atoms in total. The van der Waals surface area contributed by atoms with Gasteiger partial charge in [-0.1, -0.05) is 37.3 Å². The fourth-order valence-electron chi connectivity index (χ4n) is 3.48. The van der Waals surface area contributed by atoms with Crippen LogP contribution in [0.3, 0.4) is 0 Å². The molecule has 0 radical (unpaired) electrons. The third-order valence-corrected chi connectivity index (χ3v) is 4.81. The van der Waals surface area contributed by atoms with Gasteiger partial charge < -0.3 is 10.1 Å². The van der Waals surface area contributed by atoms with Gasteiger partial charge >= 0.3 is 0 Å². The molecule has 0 bridgehead atoms. The first kappa shape index (κ1) is 14.2. The van der Waals surface area contributed by atoms with Gasteiger partial charge in [-0.25, -0.2) is 0 Å². The van der Waals surface area contributed by atoms with E-state index in [1.165, 1.54) is 44.1 Å². The molecule has 1 atom stereocenters. The predicted octanol–water partition coefficient (Wildman–Crippen LogP) is 4.20. The summed E-state index contributed by atoms with van der Waals surface area (Å²) in [5, 5.41) is 4.35. The standard InChI is InChI=1S/C17H24ClNO/c18-15-7-8-17-14(10-15)11-16(20-17)12-19-9-3-6-13-4-1-2-5-13/h7-8,10,13,16,19H,1-6,9,11-12H2. The molecule has 1 fully saturated rings. The van der Waals surface area contributed by atoms with E-state index in [0.717, 1.165) is 36.2 Å². The Morgan fingerprint density at radius 1 is 1.25 bits per heavy atom. The monoisotopic (exact) mass is 293 g/mol. The van der Waals surface area contributed by atoms with Crippen LogP contribution in [0, 0.1) is 5.92 Å². The highest BCUT2D eigenvalue weighted by Gasteiger charge is 2.22. The van der Waals surface area contributed by atoms with Gasteiger partial charge in [0.1, 0.15) is 11.9 Å². The van der Waals surface area contributed by atoms with E-state index in [1.807, 2.05) is 18.2 Å². The molecule has 2 aliphatic rings. The van der Waals surface area contributed by atoms with E-state index < -0.39 is 0 Å². The molecule has 1 N–H and O–H groups in total. The van der Waals surface area contributed by atoms with Crippen LogP contribution in [0.25, 0.3) is 0 Å². The Morgan fingerprint density at radius 3 is 2.95 bits per heavy atom. The maximum atomic E-state index is 6.01. The van der Waals surface area contributed by atoms with Crippen molar-refractivity contribution in [2.45, 2.75) is 51.0 Å². The highest BCUT2D eigenvalue weighted by molar-refractivity contribution is 6.30. The second kappa shape index (κ2) is 6.82. The minimum absolute atomic E-state index is 0.273. The molecule has 0 saturated heterocycles. The van der Waals surface area contributed by atoms with Crippen LogP contribution in [0.2, 0.25) is 5.02 Å². The third-order valence-electron chi connectivity index (χ3n) is 4.58. The number of fused-ring (bicyclic) bond motifs is 1. The molecule has 3 heteroatoms. The second-order valence-corrected chi connectivity index (χ2v) is 6.63. The van der Waals surface area contributed by atoms with Crippen molar-refractivity contribution in [3.63, 3.8) is 0 Å². The third kappa shape index (κ3) is 3.67. The SMILES string of the molecule is Clc1ccc2c(c1)CC(CNCCCC1CCCC1)O2. The number of ether oxygens (including phenoxy) is 1. The first-order valence-corrected chi connectivity index (χ1v) is 8.35. The van der Waals surface area contributed by atoms with Crippen molar-refractivity contribution in [3.8, 4) is 5.75 Å². The average Bonchev–Trinajstić information content (AvgIpc) is 3.06. The molecular weight excluding hydrogens is 270 g/mol.